The van der Waals surface area contributed by atoms with E-state index in [4.69, 9.17) is 4.74 Å². The van der Waals surface area contributed by atoms with Crippen molar-refractivity contribution in [3.8, 4) is 17.0 Å². The van der Waals surface area contributed by atoms with Crippen LogP contribution in [0.25, 0.3) is 11.3 Å². The molecule has 1 atom stereocenters. The smallest absolute Gasteiger partial charge is 0.237 e. The van der Waals surface area contributed by atoms with Crippen molar-refractivity contribution in [3.05, 3.63) is 60.0 Å². The molecule has 33 heavy (non-hydrogen) atoms. The van der Waals surface area contributed by atoms with Crippen molar-refractivity contribution < 1.29 is 9.53 Å². The number of pyridine rings is 1. The maximum atomic E-state index is 12.9. The molecule has 1 saturated heterocycles. The third-order valence-corrected chi connectivity index (χ3v) is 6.26. The highest BCUT2D eigenvalue weighted by Gasteiger charge is 2.31. The number of amides is 1. The second-order valence-electron chi connectivity index (χ2n) is 8.48. The zero-order chi connectivity index (χ0) is 22.6. The van der Waals surface area contributed by atoms with Crippen LogP contribution in [-0.4, -0.2) is 52.0 Å². The summed E-state index contributed by atoms with van der Waals surface area (Å²) in [4.78, 5) is 28.8. The number of aryl methyl sites for hydroxylation is 1. The Morgan fingerprint density at radius 3 is 2.91 bits per heavy atom. The first-order valence-electron chi connectivity index (χ1n) is 11.4. The lowest BCUT2D eigenvalue weighted by atomic mass is 10.1. The molecule has 8 nitrogen and oxygen atoms in total. The Hall–Kier alpha value is -3.52. The lowest BCUT2D eigenvalue weighted by molar-refractivity contribution is -0.125. The third kappa shape index (κ3) is 4.80. The zero-order valence-corrected chi connectivity index (χ0v) is 18.8. The summed E-state index contributed by atoms with van der Waals surface area (Å²) in [5, 5.41) is 6.44. The molecular formula is C25H28N6O2. The van der Waals surface area contributed by atoms with E-state index < -0.39 is 0 Å². The van der Waals surface area contributed by atoms with E-state index in [1.165, 1.54) is 0 Å². The number of rotatable bonds is 1. The fourth-order valence-electron chi connectivity index (χ4n) is 4.54. The van der Waals surface area contributed by atoms with Gasteiger partial charge in [0, 0.05) is 48.0 Å². The number of hydrogen-bond donors (Lipinski definition) is 2. The molecule has 6 rings (SSSR count). The van der Waals surface area contributed by atoms with Crippen LogP contribution in [0.15, 0.2) is 48.8 Å². The van der Waals surface area contributed by atoms with Gasteiger partial charge < -0.3 is 15.4 Å². The molecular weight excluding hydrogens is 416 g/mol. The summed E-state index contributed by atoms with van der Waals surface area (Å²) < 4.78 is 5.61. The van der Waals surface area contributed by atoms with Gasteiger partial charge in [-0.05, 0) is 68.6 Å². The number of hydrogen-bond acceptors (Lipinski definition) is 7. The first kappa shape index (κ1) is 21.3. The first-order valence-corrected chi connectivity index (χ1v) is 11.4. The average molecular weight is 445 g/mol. The predicted octanol–water partition coefficient (Wildman–Crippen LogP) is 3.32. The Labute approximate surface area is 193 Å². The largest absolute Gasteiger partial charge is 0.496 e. The zero-order valence-electron chi connectivity index (χ0n) is 18.8. The number of nitrogens with one attached hydrogen (secondary N) is 2. The fourth-order valence-corrected chi connectivity index (χ4v) is 4.54. The van der Waals surface area contributed by atoms with Gasteiger partial charge in [-0.25, -0.2) is 9.97 Å². The molecule has 3 aromatic rings. The standard InChI is InChI=1S/C25H28N6O2/c1-33-23-9-8-20-14-18(23)16-31-13-3-5-22(31)24(32)26-11-2-4-19-7-6-17(15-28-19)21-10-12-27-25(29-20)30-21/h6-10,12,14-15,22H,2-5,11,13,16H2,1H3,(H,26,32)(H,27,29,30). The van der Waals surface area contributed by atoms with Gasteiger partial charge in [0.2, 0.25) is 11.9 Å². The van der Waals surface area contributed by atoms with E-state index in [0.717, 1.165) is 66.2 Å². The average Bonchev–Trinajstić information content (AvgIpc) is 3.30. The van der Waals surface area contributed by atoms with Gasteiger partial charge in [-0.3, -0.25) is 14.7 Å². The summed E-state index contributed by atoms with van der Waals surface area (Å²) in [6, 6.07) is 11.8. The highest BCUT2D eigenvalue weighted by atomic mass is 16.5. The van der Waals surface area contributed by atoms with E-state index in [-0.39, 0.29) is 11.9 Å². The van der Waals surface area contributed by atoms with Crippen LogP contribution in [0.3, 0.4) is 0 Å². The van der Waals surface area contributed by atoms with Gasteiger partial charge in [0.15, 0.2) is 0 Å². The Balaban J connectivity index is 1.50. The highest BCUT2D eigenvalue weighted by molar-refractivity contribution is 5.82. The van der Waals surface area contributed by atoms with Gasteiger partial charge in [-0.2, -0.15) is 0 Å². The van der Waals surface area contributed by atoms with Crippen molar-refractivity contribution in [3.63, 3.8) is 0 Å². The molecule has 2 N–H and O–H groups in total. The number of nitrogens with zero attached hydrogens (tertiary/aromatic N) is 4. The van der Waals surface area contributed by atoms with Crippen molar-refractivity contribution in [1.82, 2.24) is 25.2 Å². The summed E-state index contributed by atoms with van der Waals surface area (Å²) in [5.74, 6) is 1.42. The van der Waals surface area contributed by atoms with Gasteiger partial charge in [0.1, 0.15) is 5.75 Å². The van der Waals surface area contributed by atoms with Crippen LogP contribution in [0.1, 0.15) is 30.5 Å². The van der Waals surface area contributed by atoms with E-state index in [1.54, 1.807) is 13.3 Å². The lowest BCUT2D eigenvalue weighted by Crippen LogP contribution is -2.43. The summed E-state index contributed by atoms with van der Waals surface area (Å²) in [7, 11) is 1.67. The van der Waals surface area contributed by atoms with E-state index in [0.29, 0.717) is 19.0 Å². The number of anilines is 2. The summed E-state index contributed by atoms with van der Waals surface area (Å²) in [6.45, 7) is 2.18. The summed E-state index contributed by atoms with van der Waals surface area (Å²) in [5.41, 5.74) is 4.64. The van der Waals surface area contributed by atoms with Crippen molar-refractivity contribution >= 4 is 17.5 Å². The van der Waals surface area contributed by atoms with Gasteiger partial charge in [0.05, 0.1) is 18.8 Å². The van der Waals surface area contributed by atoms with Crippen LogP contribution in [0.5, 0.6) is 5.75 Å². The molecule has 0 saturated carbocycles. The molecule has 3 aliphatic rings. The third-order valence-electron chi connectivity index (χ3n) is 6.26. The molecule has 1 fully saturated rings. The van der Waals surface area contributed by atoms with E-state index >= 15 is 0 Å². The minimum Gasteiger partial charge on any atom is -0.496 e. The minimum atomic E-state index is -0.120. The second kappa shape index (κ2) is 9.54. The molecule has 6 bridgehead atoms. The highest BCUT2D eigenvalue weighted by Crippen LogP contribution is 2.29. The monoisotopic (exact) mass is 444 g/mol. The Morgan fingerprint density at radius 1 is 1.12 bits per heavy atom. The first-order chi connectivity index (χ1) is 16.2. The fraction of sp³-hybridized carbons (Fsp3) is 0.360. The number of carbonyl (C=O) groups excluding carboxylic acids is 1. The summed E-state index contributed by atoms with van der Waals surface area (Å²) >= 11 is 0. The SMILES string of the molecule is COc1ccc2cc1CN1CCCC1C(=O)NCCCc1ccc(cn1)-c1ccnc(n1)N2. The molecule has 5 heterocycles. The van der Waals surface area contributed by atoms with Crippen molar-refractivity contribution in [2.45, 2.75) is 38.3 Å². The van der Waals surface area contributed by atoms with E-state index in [9.17, 15) is 4.79 Å². The van der Waals surface area contributed by atoms with E-state index in [2.05, 4.69) is 30.5 Å². The van der Waals surface area contributed by atoms with E-state index in [1.807, 2.05) is 42.6 Å². The Morgan fingerprint density at radius 2 is 2.06 bits per heavy atom. The van der Waals surface area contributed by atoms with Gasteiger partial charge in [-0.1, -0.05) is 0 Å². The number of carbonyl (C=O) groups is 1. The molecule has 0 spiro atoms. The minimum absolute atomic E-state index is 0.103. The lowest BCUT2D eigenvalue weighted by Gasteiger charge is -2.25. The van der Waals surface area contributed by atoms with Crippen LogP contribution < -0.4 is 15.4 Å². The van der Waals surface area contributed by atoms with Crippen LogP contribution in [0.4, 0.5) is 11.6 Å². The number of aromatic nitrogens is 3. The number of fused-ring (bicyclic) bond motifs is 6. The van der Waals surface area contributed by atoms with Crippen LogP contribution in [0, 0.1) is 0 Å². The molecule has 1 amide bonds. The quantitative estimate of drug-likeness (QED) is 0.595. The normalized spacial score (nSPS) is 18.9. The van der Waals surface area contributed by atoms with Crippen LogP contribution in [0.2, 0.25) is 0 Å². The summed E-state index contributed by atoms with van der Waals surface area (Å²) in [6.07, 6.45) is 7.13. The van der Waals surface area contributed by atoms with Crippen LogP contribution in [-0.2, 0) is 17.8 Å². The molecule has 0 aliphatic carbocycles. The van der Waals surface area contributed by atoms with Crippen LogP contribution >= 0.6 is 0 Å². The van der Waals surface area contributed by atoms with Gasteiger partial charge in [0.25, 0.3) is 0 Å². The molecule has 3 aliphatic heterocycles. The molecule has 8 heteroatoms. The maximum Gasteiger partial charge on any atom is 0.237 e. The molecule has 1 unspecified atom stereocenters. The maximum absolute atomic E-state index is 12.9. The molecule has 1 aromatic carbocycles. The van der Waals surface area contributed by atoms with Gasteiger partial charge in [-0.15, -0.1) is 0 Å². The topological polar surface area (TPSA) is 92.3 Å². The number of methoxy groups -OCH3 is 1. The number of benzene rings is 1. The van der Waals surface area contributed by atoms with Gasteiger partial charge >= 0.3 is 0 Å². The van der Waals surface area contributed by atoms with Crippen molar-refractivity contribution in [1.29, 1.82) is 0 Å². The Kier molecular flexibility index (Phi) is 6.17. The molecule has 2 aromatic heterocycles. The second-order valence-corrected chi connectivity index (χ2v) is 8.48. The molecule has 0 radical (unpaired) electrons. The number of ether oxygens (including phenoxy) is 1. The molecule has 170 valence electrons. The van der Waals surface area contributed by atoms with Crippen molar-refractivity contribution in [2.24, 2.45) is 0 Å². The van der Waals surface area contributed by atoms with Crippen molar-refractivity contribution in [2.75, 3.05) is 25.5 Å². The Bertz CT molecular complexity index is 1130. The predicted molar refractivity (Wildman–Crippen MR) is 126 cm³/mol.